The average Bonchev–Trinajstić information content (AvgIpc) is 3.25. The summed E-state index contributed by atoms with van der Waals surface area (Å²) < 4.78 is 3.20. The van der Waals surface area contributed by atoms with Crippen LogP contribution in [0.4, 0.5) is 5.69 Å². The molecule has 8 heteroatoms. The number of rotatable bonds is 7. The minimum absolute atomic E-state index is 0.141. The largest absolute Gasteiger partial charge is 0.326 e. The third kappa shape index (κ3) is 4.59. The number of benzene rings is 2. The molecule has 168 valence electrons. The van der Waals surface area contributed by atoms with Gasteiger partial charge in [0.15, 0.2) is 5.82 Å². The van der Waals surface area contributed by atoms with E-state index in [2.05, 4.69) is 22.0 Å². The van der Waals surface area contributed by atoms with Crippen molar-refractivity contribution in [1.29, 1.82) is 0 Å². The van der Waals surface area contributed by atoms with Crippen molar-refractivity contribution in [2.75, 3.05) is 5.32 Å². The first-order valence-corrected chi connectivity index (χ1v) is 11.0. The van der Waals surface area contributed by atoms with Crippen LogP contribution in [0.5, 0.6) is 0 Å². The zero-order chi connectivity index (χ0) is 23.5. The molecule has 2 heterocycles. The molecule has 0 spiro atoms. The van der Waals surface area contributed by atoms with Crippen molar-refractivity contribution in [3.05, 3.63) is 93.4 Å². The van der Waals surface area contributed by atoms with Crippen LogP contribution < -0.4 is 10.9 Å². The number of fused-ring (bicyclic) bond motifs is 1. The molecule has 4 rings (SSSR count). The molecule has 1 N–H and O–H groups in total. The highest BCUT2D eigenvalue weighted by molar-refractivity contribution is 6.31. The molecule has 2 aromatic heterocycles. The number of nitrogens with one attached hydrogen (secondary N) is 1. The van der Waals surface area contributed by atoms with Gasteiger partial charge in [-0.05, 0) is 38.0 Å². The maximum absolute atomic E-state index is 13.3. The van der Waals surface area contributed by atoms with Crippen LogP contribution in [0.25, 0.3) is 17.2 Å². The number of amides is 1. The Bertz CT molecular complexity index is 1410. The van der Waals surface area contributed by atoms with Crippen molar-refractivity contribution in [3.63, 3.8) is 0 Å². The molecular weight excluding hydrogens is 438 g/mol. The Labute approximate surface area is 196 Å². The molecule has 1 amide bonds. The summed E-state index contributed by atoms with van der Waals surface area (Å²) in [5.41, 5.74) is 3.38. The van der Waals surface area contributed by atoms with E-state index in [-0.39, 0.29) is 24.3 Å². The topological polar surface area (TPSA) is 81.3 Å². The molecule has 7 nitrogen and oxygen atoms in total. The molecule has 0 atom stereocenters. The second-order valence-corrected chi connectivity index (χ2v) is 8.23. The summed E-state index contributed by atoms with van der Waals surface area (Å²) in [5.74, 6) is 0.716. The number of hydrogen-bond acceptors (Lipinski definition) is 4. The lowest BCUT2D eigenvalue weighted by molar-refractivity contribution is -0.116. The van der Waals surface area contributed by atoms with Crippen LogP contribution in [0.2, 0.25) is 5.02 Å². The van der Waals surface area contributed by atoms with E-state index in [4.69, 9.17) is 11.6 Å². The molecule has 4 aromatic rings. The highest BCUT2D eigenvalue weighted by Crippen LogP contribution is 2.21. The molecule has 0 aliphatic rings. The number of halogens is 1. The predicted octanol–water partition coefficient (Wildman–Crippen LogP) is 4.59. The van der Waals surface area contributed by atoms with E-state index >= 15 is 0 Å². The smallest absolute Gasteiger partial charge is 0.279 e. The zero-order valence-electron chi connectivity index (χ0n) is 18.5. The van der Waals surface area contributed by atoms with E-state index in [1.54, 1.807) is 18.2 Å². The van der Waals surface area contributed by atoms with E-state index in [9.17, 15) is 9.59 Å². The summed E-state index contributed by atoms with van der Waals surface area (Å²) in [6.45, 7) is 8.04. The minimum Gasteiger partial charge on any atom is -0.326 e. The molecule has 0 saturated carbocycles. The standard InChI is InChI=1S/C25H24ClN5O2/c1-4-14-30-17(3)20(12-13-22(32)27-21-15-19(26)11-10-16(21)2)24(33)31-25(30)28-23(29-31)18-8-6-5-7-9-18/h4-11,15H,1,12-14H2,2-3H3,(H,27,32). The van der Waals surface area contributed by atoms with Gasteiger partial charge in [-0.25, -0.2) is 0 Å². The van der Waals surface area contributed by atoms with Gasteiger partial charge in [-0.2, -0.15) is 9.50 Å². The van der Waals surface area contributed by atoms with E-state index in [1.807, 2.05) is 54.8 Å². The Kier molecular flexibility index (Phi) is 6.42. The van der Waals surface area contributed by atoms with Crippen molar-refractivity contribution >= 4 is 29.0 Å². The fourth-order valence-corrected chi connectivity index (χ4v) is 3.91. The maximum atomic E-state index is 13.3. The molecule has 0 aliphatic carbocycles. The quantitative estimate of drug-likeness (QED) is 0.408. The third-order valence-corrected chi connectivity index (χ3v) is 5.78. The van der Waals surface area contributed by atoms with Crippen molar-refractivity contribution < 1.29 is 4.79 Å². The van der Waals surface area contributed by atoms with E-state index < -0.39 is 0 Å². The highest BCUT2D eigenvalue weighted by Gasteiger charge is 2.19. The Morgan fingerprint density at radius 1 is 1.18 bits per heavy atom. The highest BCUT2D eigenvalue weighted by atomic mass is 35.5. The molecule has 0 fully saturated rings. The van der Waals surface area contributed by atoms with E-state index in [0.717, 1.165) is 16.8 Å². The number of anilines is 1. The Morgan fingerprint density at radius 3 is 2.67 bits per heavy atom. The van der Waals surface area contributed by atoms with Crippen molar-refractivity contribution in [3.8, 4) is 11.4 Å². The van der Waals surface area contributed by atoms with Gasteiger partial charge < -0.3 is 9.88 Å². The second-order valence-electron chi connectivity index (χ2n) is 7.79. The van der Waals surface area contributed by atoms with E-state index in [1.165, 1.54) is 4.52 Å². The first kappa shape index (κ1) is 22.5. The van der Waals surface area contributed by atoms with Crippen LogP contribution in [-0.4, -0.2) is 25.1 Å². The molecule has 2 aromatic carbocycles. The van der Waals surface area contributed by atoms with Gasteiger partial charge in [0, 0.05) is 40.5 Å². The molecule has 0 radical (unpaired) electrons. The van der Waals surface area contributed by atoms with Crippen LogP contribution in [-0.2, 0) is 17.8 Å². The van der Waals surface area contributed by atoms with Gasteiger partial charge in [0.05, 0.1) is 0 Å². The molecule has 33 heavy (non-hydrogen) atoms. The van der Waals surface area contributed by atoms with Crippen molar-refractivity contribution in [2.24, 2.45) is 0 Å². The Balaban J connectivity index is 1.67. The summed E-state index contributed by atoms with van der Waals surface area (Å²) in [4.78, 5) is 30.5. The number of aryl methyl sites for hydroxylation is 1. The summed E-state index contributed by atoms with van der Waals surface area (Å²) in [6.07, 6.45) is 2.15. The number of carbonyl (C=O) groups is 1. The summed E-state index contributed by atoms with van der Waals surface area (Å²) >= 11 is 6.04. The van der Waals surface area contributed by atoms with Crippen LogP contribution in [0.3, 0.4) is 0 Å². The van der Waals surface area contributed by atoms with Gasteiger partial charge in [0.2, 0.25) is 11.7 Å². The summed E-state index contributed by atoms with van der Waals surface area (Å²) in [6, 6.07) is 14.8. The lowest BCUT2D eigenvalue weighted by atomic mass is 10.1. The van der Waals surface area contributed by atoms with Crippen LogP contribution >= 0.6 is 11.6 Å². The SMILES string of the molecule is C=CCn1c(C)c(CCC(=O)Nc2cc(Cl)ccc2C)c(=O)n2nc(-c3ccccc3)nc12. The predicted molar refractivity (Wildman–Crippen MR) is 131 cm³/mol. The fraction of sp³-hybridized carbons (Fsp3) is 0.200. The molecule has 0 bridgehead atoms. The zero-order valence-corrected chi connectivity index (χ0v) is 19.3. The Morgan fingerprint density at radius 2 is 1.94 bits per heavy atom. The lowest BCUT2D eigenvalue weighted by Crippen LogP contribution is -2.27. The maximum Gasteiger partial charge on any atom is 0.279 e. The van der Waals surface area contributed by atoms with Gasteiger partial charge in [-0.3, -0.25) is 9.59 Å². The van der Waals surface area contributed by atoms with Gasteiger partial charge >= 0.3 is 0 Å². The van der Waals surface area contributed by atoms with Crippen LogP contribution in [0.1, 0.15) is 23.2 Å². The van der Waals surface area contributed by atoms with E-state index in [0.29, 0.717) is 34.4 Å². The first-order valence-electron chi connectivity index (χ1n) is 10.6. The Hall–Kier alpha value is -3.71. The number of aromatic nitrogens is 4. The monoisotopic (exact) mass is 461 g/mol. The molecule has 0 unspecified atom stereocenters. The van der Waals surface area contributed by atoms with Gasteiger partial charge in [0.25, 0.3) is 5.56 Å². The van der Waals surface area contributed by atoms with Gasteiger partial charge in [0.1, 0.15) is 0 Å². The second kappa shape index (κ2) is 9.42. The third-order valence-electron chi connectivity index (χ3n) is 5.54. The number of carbonyl (C=O) groups excluding carboxylic acids is 1. The molecular formula is C25H24ClN5O2. The van der Waals surface area contributed by atoms with Crippen molar-refractivity contribution in [2.45, 2.75) is 33.2 Å². The summed E-state index contributed by atoms with van der Waals surface area (Å²) in [5, 5.41) is 7.89. The van der Waals surface area contributed by atoms with Crippen LogP contribution in [0.15, 0.2) is 66.0 Å². The normalized spacial score (nSPS) is 11.0. The summed E-state index contributed by atoms with van der Waals surface area (Å²) in [7, 11) is 0. The van der Waals surface area contributed by atoms with Gasteiger partial charge in [-0.1, -0.05) is 54.1 Å². The number of nitrogens with zero attached hydrogens (tertiary/aromatic N) is 4. The molecule has 0 saturated heterocycles. The van der Waals surface area contributed by atoms with Gasteiger partial charge in [-0.15, -0.1) is 11.7 Å². The number of hydrogen-bond donors (Lipinski definition) is 1. The fourth-order valence-electron chi connectivity index (χ4n) is 3.74. The minimum atomic E-state index is -0.274. The number of allylic oxidation sites excluding steroid dienone is 1. The average molecular weight is 462 g/mol. The first-order chi connectivity index (χ1) is 15.9. The van der Waals surface area contributed by atoms with Crippen molar-refractivity contribution in [1.82, 2.24) is 19.2 Å². The lowest BCUT2D eigenvalue weighted by Gasteiger charge is -2.14. The molecule has 0 aliphatic heterocycles. The van der Waals surface area contributed by atoms with Crippen LogP contribution in [0, 0.1) is 13.8 Å².